The quantitative estimate of drug-likeness (QED) is 0.772. The summed E-state index contributed by atoms with van der Waals surface area (Å²) in [5.41, 5.74) is -1.89. The third kappa shape index (κ3) is 2.61. The van der Waals surface area contributed by atoms with Crippen LogP contribution in [0.1, 0.15) is 24.2 Å². The third-order valence-corrected chi connectivity index (χ3v) is 3.37. The summed E-state index contributed by atoms with van der Waals surface area (Å²) in [6.45, 7) is 3.44. The number of ether oxygens (including phenoxy) is 1. The summed E-state index contributed by atoms with van der Waals surface area (Å²) in [4.78, 5) is 11.9. The molecule has 0 aliphatic heterocycles. The number of hydrogen-bond acceptors (Lipinski definition) is 2. The van der Waals surface area contributed by atoms with E-state index in [0.717, 1.165) is 0 Å². The first-order valence-corrected chi connectivity index (χ1v) is 6.07. The Morgan fingerprint density at radius 2 is 1.80 bits per heavy atom. The van der Waals surface area contributed by atoms with Crippen LogP contribution < -0.4 is 0 Å². The van der Waals surface area contributed by atoms with Crippen LogP contribution in [-0.2, 0) is 4.74 Å². The van der Waals surface area contributed by atoms with Crippen molar-refractivity contribution in [1.29, 1.82) is 0 Å². The fourth-order valence-corrected chi connectivity index (χ4v) is 1.94. The number of rotatable bonds is 2. The molecule has 0 fully saturated rings. The van der Waals surface area contributed by atoms with Gasteiger partial charge in [0.05, 0.1) is 0 Å². The van der Waals surface area contributed by atoms with Gasteiger partial charge < -0.3 is 4.74 Å². The first kappa shape index (κ1) is 14.4. The van der Waals surface area contributed by atoms with Crippen molar-refractivity contribution < 1.29 is 22.7 Å². The zero-order valence-corrected chi connectivity index (χ0v) is 11.0. The van der Waals surface area contributed by atoms with Gasteiger partial charge in [-0.1, -0.05) is 25.2 Å². The maximum atomic E-state index is 13.5. The van der Waals surface area contributed by atoms with Gasteiger partial charge in [0.15, 0.2) is 0 Å². The Kier molecular flexibility index (Phi) is 3.70. The summed E-state index contributed by atoms with van der Waals surface area (Å²) >= 11 is 0. The maximum absolute atomic E-state index is 13.5. The Morgan fingerprint density at radius 1 is 1.20 bits per heavy atom. The molecule has 1 aromatic rings. The predicted molar refractivity (Wildman–Crippen MR) is 67.6 cm³/mol. The molecule has 1 aliphatic rings. The van der Waals surface area contributed by atoms with Crippen LogP contribution in [0.4, 0.5) is 13.2 Å². The number of benzene rings is 1. The lowest BCUT2D eigenvalue weighted by atomic mass is 9.86. The Balaban J connectivity index is 2.30. The minimum atomic E-state index is -1.28. The van der Waals surface area contributed by atoms with Gasteiger partial charge in [-0.2, -0.15) is 0 Å². The van der Waals surface area contributed by atoms with Gasteiger partial charge in [0.25, 0.3) is 0 Å². The van der Waals surface area contributed by atoms with E-state index in [-0.39, 0.29) is 5.92 Å². The number of hydrogen-bond donors (Lipinski definition) is 0. The van der Waals surface area contributed by atoms with Crippen molar-refractivity contribution in [3.05, 3.63) is 59.5 Å². The van der Waals surface area contributed by atoms with E-state index in [1.165, 1.54) is 0 Å². The Morgan fingerprint density at radius 3 is 2.35 bits per heavy atom. The van der Waals surface area contributed by atoms with Crippen molar-refractivity contribution in [2.24, 2.45) is 5.92 Å². The molecule has 0 saturated carbocycles. The third-order valence-electron chi connectivity index (χ3n) is 3.37. The molecule has 2 atom stereocenters. The predicted octanol–water partition coefficient (Wildman–Crippen LogP) is 3.78. The standard InChI is InChI=1S/C15H13F3O2/c1-9-5-3-4-6-15(9,2)20-14(19)13-11(17)7-10(16)8-12(13)18/h3-9H,1-2H3. The van der Waals surface area contributed by atoms with Crippen molar-refractivity contribution in [3.63, 3.8) is 0 Å². The zero-order chi connectivity index (χ0) is 14.9. The summed E-state index contributed by atoms with van der Waals surface area (Å²) in [5.74, 6) is -4.95. The number of carbonyl (C=O) groups excluding carboxylic acids is 1. The topological polar surface area (TPSA) is 26.3 Å². The van der Waals surface area contributed by atoms with Crippen molar-refractivity contribution in [2.45, 2.75) is 19.4 Å². The summed E-state index contributed by atoms with van der Waals surface area (Å²) in [5, 5.41) is 0. The van der Waals surface area contributed by atoms with Crippen LogP contribution in [0.25, 0.3) is 0 Å². The summed E-state index contributed by atoms with van der Waals surface area (Å²) < 4.78 is 45.1. The first-order chi connectivity index (χ1) is 9.33. The Bertz CT molecular complexity index is 584. The Labute approximate surface area is 114 Å². The second-order valence-electron chi connectivity index (χ2n) is 4.85. The molecule has 2 nitrogen and oxygen atoms in total. The highest BCUT2D eigenvalue weighted by Gasteiger charge is 2.34. The molecular formula is C15H13F3O2. The number of allylic oxidation sites excluding steroid dienone is 2. The molecule has 2 unspecified atom stereocenters. The van der Waals surface area contributed by atoms with Gasteiger partial charge in [0.2, 0.25) is 0 Å². The fraction of sp³-hybridized carbons (Fsp3) is 0.267. The van der Waals surface area contributed by atoms with E-state index in [2.05, 4.69) is 0 Å². The van der Waals surface area contributed by atoms with Gasteiger partial charge in [-0.3, -0.25) is 0 Å². The van der Waals surface area contributed by atoms with Crippen LogP contribution >= 0.6 is 0 Å². The summed E-state index contributed by atoms with van der Waals surface area (Å²) in [6, 6.07) is 0.893. The molecule has 0 heterocycles. The van der Waals surface area contributed by atoms with Crippen LogP contribution in [0.2, 0.25) is 0 Å². The van der Waals surface area contributed by atoms with E-state index < -0.39 is 34.6 Å². The Hall–Kier alpha value is -2.04. The molecule has 1 aliphatic carbocycles. The van der Waals surface area contributed by atoms with Crippen molar-refractivity contribution >= 4 is 5.97 Å². The number of carbonyl (C=O) groups is 1. The monoisotopic (exact) mass is 282 g/mol. The van der Waals surface area contributed by atoms with E-state index in [1.54, 1.807) is 25.2 Å². The minimum Gasteiger partial charge on any atom is -0.451 e. The summed E-state index contributed by atoms with van der Waals surface area (Å²) in [7, 11) is 0. The highest BCUT2D eigenvalue weighted by atomic mass is 19.1. The fourth-order valence-electron chi connectivity index (χ4n) is 1.94. The van der Waals surface area contributed by atoms with Gasteiger partial charge in [-0.05, 0) is 13.0 Å². The SMILES string of the molecule is CC1C=CC=CC1(C)OC(=O)c1c(F)cc(F)cc1F. The second kappa shape index (κ2) is 5.15. The van der Waals surface area contributed by atoms with Crippen LogP contribution in [-0.4, -0.2) is 11.6 Å². The molecule has 0 aromatic heterocycles. The van der Waals surface area contributed by atoms with Gasteiger partial charge in [0.1, 0.15) is 28.6 Å². The lowest BCUT2D eigenvalue weighted by Gasteiger charge is -2.32. The van der Waals surface area contributed by atoms with Crippen LogP contribution in [0.15, 0.2) is 36.4 Å². The molecule has 0 bridgehead atoms. The van der Waals surface area contributed by atoms with E-state index in [0.29, 0.717) is 12.1 Å². The molecular weight excluding hydrogens is 269 g/mol. The average Bonchev–Trinajstić information content (AvgIpc) is 2.31. The van der Waals surface area contributed by atoms with E-state index in [9.17, 15) is 18.0 Å². The van der Waals surface area contributed by atoms with Crippen molar-refractivity contribution in [1.82, 2.24) is 0 Å². The molecule has 0 N–H and O–H groups in total. The normalized spacial score (nSPS) is 24.8. The lowest BCUT2D eigenvalue weighted by molar-refractivity contribution is -0.00395. The van der Waals surface area contributed by atoms with Crippen molar-refractivity contribution in [2.75, 3.05) is 0 Å². The molecule has 0 radical (unpaired) electrons. The molecule has 1 aromatic carbocycles. The van der Waals surface area contributed by atoms with Gasteiger partial charge in [-0.25, -0.2) is 18.0 Å². The van der Waals surface area contributed by atoms with Crippen LogP contribution in [0, 0.1) is 23.4 Å². The lowest BCUT2D eigenvalue weighted by Crippen LogP contribution is -2.37. The molecule has 2 rings (SSSR count). The van der Waals surface area contributed by atoms with Crippen LogP contribution in [0.5, 0.6) is 0 Å². The van der Waals surface area contributed by atoms with E-state index >= 15 is 0 Å². The first-order valence-electron chi connectivity index (χ1n) is 6.07. The molecule has 106 valence electrons. The molecule has 20 heavy (non-hydrogen) atoms. The van der Waals surface area contributed by atoms with Crippen LogP contribution in [0.3, 0.4) is 0 Å². The molecule has 0 saturated heterocycles. The van der Waals surface area contributed by atoms with Gasteiger partial charge >= 0.3 is 5.97 Å². The molecule has 5 heteroatoms. The smallest absolute Gasteiger partial charge is 0.345 e. The largest absolute Gasteiger partial charge is 0.451 e. The molecule has 0 spiro atoms. The summed E-state index contributed by atoms with van der Waals surface area (Å²) in [6.07, 6.45) is 6.92. The second-order valence-corrected chi connectivity index (χ2v) is 4.85. The number of halogens is 3. The highest BCUT2D eigenvalue weighted by Crippen LogP contribution is 2.29. The average molecular weight is 282 g/mol. The molecule has 0 amide bonds. The van der Waals surface area contributed by atoms with E-state index in [4.69, 9.17) is 4.74 Å². The van der Waals surface area contributed by atoms with Gasteiger partial charge in [-0.15, -0.1) is 0 Å². The van der Waals surface area contributed by atoms with Crippen molar-refractivity contribution in [3.8, 4) is 0 Å². The number of esters is 1. The maximum Gasteiger partial charge on any atom is 0.345 e. The highest BCUT2D eigenvalue weighted by molar-refractivity contribution is 5.90. The zero-order valence-electron chi connectivity index (χ0n) is 11.0. The minimum absolute atomic E-state index is 0.150. The van der Waals surface area contributed by atoms with E-state index in [1.807, 2.05) is 13.0 Å². The van der Waals surface area contributed by atoms with Gasteiger partial charge in [0, 0.05) is 18.1 Å².